The van der Waals surface area contributed by atoms with Crippen molar-refractivity contribution >= 4 is 65.1 Å². The molecule has 0 atom stereocenters. The van der Waals surface area contributed by atoms with Crippen LogP contribution in [0.3, 0.4) is 0 Å². The summed E-state index contributed by atoms with van der Waals surface area (Å²) in [6.45, 7) is 0. The molecule has 0 saturated heterocycles. The summed E-state index contributed by atoms with van der Waals surface area (Å²) in [5.41, 5.74) is 7.01. The van der Waals surface area contributed by atoms with Crippen molar-refractivity contribution in [2.45, 2.75) is 0 Å². The number of carbonyl (C=O) groups excluding carboxylic acids is 1. The summed E-state index contributed by atoms with van der Waals surface area (Å²) in [6.07, 6.45) is 1.45. The summed E-state index contributed by atoms with van der Waals surface area (Å²) in [6, 6.07) is 3.68. The smallest absolute Gasteiger partial charge is 0.276 e. The number of nitrogens with two attached hydrogens (primary N) is 1. The maximum Gasteiger partial charge on any atom is 0.276 e. The van der Waals surface area contributed by atoms with Crippen molar-refractivity contribution in [1.82, 2.24) is 9.78 Å². The number of hydrogen-bond acceptors (Lipinski definition) is 3. The molecule has 1 amide bonds. The normalized spacial score (nSPS) is 10.5. The van der Waals surface area contributed by atoms with E-state index in [2.05, 4.69) is 58.2 Å². The van der Waals surface area contributed by atoms with Crippen LogP contribution in [-0.4, -0.2) is 15.7 Å². The van der Waals surface area contributed by atoms with Crippen LogP contribution < -0.4 is 11.1 Å². The highest BCUT2D eigenvalue weighted by Gasteiger charge is 2.17. The van der Waals surface area contributed by atoms with Gasteiger partial charge in [0.2, 0.25) is 0 Å². The molecule has 0 aliphatic rings. The third-order valence-electron chi connectivity index (χ3n) is 2.43. The lowest BCUT2D eigenvalue weighted by Gasteiger charge is -2.11. The Labute approximate surface area is 134 Å². The molecule has 1 heterocycles. The molecule has 0 fully saturated rings. The minimum absolute atomic E-state index is 0.318. The van der Waals surface area contributed by atoms with E-state index in [1.165, 1.54) is 10.9 Å². The van der Waals surface area contributed by atoms with Crippen LogP contribution in [-0.2, 0) is 7.05 Å². The number of rotatable bonds is 2. The summed E-state index contributed by atoms with van der Waals surface area (Å²) >= 11 is 10.2. The molecular formula is C11H9Br3N4O. The molecule has 1 aromatic carbocycles. The number of aryl methyl sites for hydroxylation is 1. The number of nitrogen functional groups attached to an aromatic ring is 1. The lowest BCUT2D eigenvalue weighted by atomic mass is 10.3. The van der Waals surface area contributed by atoms with Gasteiger partial charge in [0, 0.05) is 20.5 Å². The Kier molecular flexibility index (Phi) is 4.32. The van der Waals surface area contributed by atoms with Crippen molar-refractivity contribution < 1.29 is 4.79 Å². The van der Waals surface area contributed by atoms with E-state index >= 15 is 0 Å². The number of nitrogens with one attached hydrogen (secondary N) is 1. The maximum absolute atomic E-state index is 12.2. The Morgan fingerprint density at radius 2 is 1.89 bits per heavy atom. The van der Waals surface area contributed by atoms with Crippen LogP contribution in [0.5, 0.6) is 0 Å². The third kappa shape index (κ3) is 3.01. The van der Waals surface area contributed by atoms with Gasteiger partial charge >= 0.3 is 0 Å². The largest absolute Gasteiger partial charge is 0.396 e. The van der Waals surface area contributed by atoms with Gasteiger partial charge in [-0.25, -0.2) is 0 Å². The Morgan fingerprint density at radius 3 is 2.37 bits per heavy atom. The van der Waals surface area contributed by atoms with Gasteiger partial charge < -0.3 is 11.1 Å². The van der Waals surface area contributed by atoms with Crippen LogP contribution in [0, 0.1) is 0 Å². The van der Waals surface area contributed by atoms with Gasteiger partial charge in [-0.2, -0.15) is 5.10 Å². The first kappa shape index (κ1) is 14.5. The Balaban J connectivity index is 2.35. The van der Waals surface area contributed by atoms with Gasteiger partial charge in [-0.3, -0.25) is 9.48 Å². The first-order valence-corrected chi connectivity index (χ1v) is 7.51. The van der Waals surface area contributed by atoms with E-state index in [9.17, 15) is 4.79 Å². The van der Waals surface area contributed by atoms with Crippen molar-refractivity contribution in [3.8, 4) is 0 Å². The molecule has 0 aliphatic heterocycles. The highest BCUT2D eigenvalue weighted by atomic mass is 79.9. The monoisotopic (exact) mass is 450 g/mol. The minimum Gasteiger partial charge on any atom is -0.396 e. The van der Waals surface area contributed by atoms with E-state index in [4.69, 9.17) is 5.73 Å². The van der Waals surface area contributed by atoms with Gasteiger partial charge in [0.1, 0.15) is 5.69 Å². The highest BCUT2D eigenvalue weighted by Crippen LogP contribution is 2.34. The molecule has 0 radical (unpaired) electrons. The number of nitrogens with zero attached hydrogens (tertiary/aromatic N) is 2. The molecule has 0 saturated carbocycles. The zero-order chi connectivity index (χ0) is 14.2. The first-order valence-electron chi connectivity index (χ1n) is 5.13. The number of anilines is 2. The molecule has 19 heavy (non-hydrogen) atoms. The fraction of sp³-hybridized carbons (Fsp3) is 0.0909. The molecule has 0 unspecified atom stereocenters. The second-order valence-electron chi connectivity index (χ2n) is 3.77. The second kappa shape index (κ2) is 5.64. The van der Waals surface area contributed by atoms with E-state index in [0.717, 1.165) is 13.4 Å². The lowest BCUT2D eigenvalue weighted by Crippen LogP contribution is -2.18. The fourth-order valence-corrected chi connectivity index (χ4v) is 4.02. The Bertz CT molecular complexity index is 611. The van der Waals surface area contributed by atoms with Crippen LogP contribution in [0.25, 0.3) is 0 Å². The van der Waals surface area contributed by atoms with Gasteiger partial charge in [0.15, 0.2) is 0 Å². The molecule has 3 N–H and O–H groups in total. The maximum atomic E-state index is 12.2. The van der Waals surface area contributed by atoms with Crippen LogP contribution in [0.15, 0.2) is 31.7 Å². The van der Waals surface area contributed by atoms with Crippen LogP contribution in [0.2, 0.25) is 0 Å². The Morgan fingerprint density at radius 1 is 1.32 bits per heavy atom. The zero-order valence-corrected chi connectivity index (χ0v) is 14.5. The molecule has 0 aliphatic carbocycles. The van der Waals surface area contributed by atoms with Gasteiger partial charge in [0.05, 0.1) is 17.6 Å². The molecule has 2 rings (SSSR count). The number of benzene rings is 1. The topological polar surface area (TPSA) is 72.9 Å². The number of hydrogen-bond donors (Lipinski definition) is 2. The van der Waals surface area contributed by atoms with E-state index in [1.54, 1.807) is 7.05 Å². The molecule has 1 aromatic heterocycles. The number of amides is 1. The van der Waals surface area contributed by atoms with Crippen LogP contribution in [0.1, 0.15) is 10.5 Å². The van der Waals surface area contributed by atoms with Crippen molar-refractivity contribution in [2.24, 2.45) is 7.05 Å². The molecular weight excluding hydrogens is 444 g/mol. The van der Waals surface area contributed by atoms with Gasteiger partial charge in [-0.15, -0.1) is 0 Å². The molecule has 0 bridgehead atoms. The highest BCUT2D eigenvalue weighted by molar-refractivity contribution is 9.11. The van der Waals surface area contributed by atoms with E-state index in [1.807, 2.05) is 12.1 Å². The molecule has 0 spiro atoms. The van der Waals surface area contributed by atoms with Crippen molar-refractivity contribution in [1.29, 1.82) is 0 Å². The minimum atomic E-state index is -0.318. The standard InChI is InChI=1S/C11H9Br3N4O/c1-18-10(8(15)4-16-18)11(19)17-9-6(13)2-5(12)3-7(9)14/h2-4H,15H2,1H3,(H,17,19). The summed E-state index contributed by atoms with van der Waals surface area (Å²) in [5, 5.41) is 6.73. The molecule has 100 valence electrons. The third-order valence-corrected chi connectivity index (χ3v) is 4.14. The second-order valence-corrected chi connectivity index (χ2v) is 6.40. The lowest BCUT2D eigenvalue weighted by molar-refractivity contribution is 0.101. The SMILES string of the molecule is Cn1ncc(N)c1C(=O)Nc1c(Br)cc(Br)cc1Br. The molecule has 5 nitrogen and oxygen atoms in total. The molecule has 8 heteroatoms. The average Bonchev–Trinajstić information content (AvgIpc) is 2.63. The number of aromatic nitrogens is 2. The summed E-state index contributed by atoms with van der Waals surface area (Å²) in [5.74, 6) is -0.318. The quantitative estimate of drug-likeness (QED) is 0.732. The molecule has 2 aromatic rings. The zero-order valence-electron chi connectivity index (χ0n) is 9.75. The van der Waals surface area contributed by atoms with Crippen LogP contribution in [0.4, 0.5) is 11.4 Å². The van der Waals surface area contributed by atoms with Gasteiger partial charge in [-0.1, -0.05) is 15.9 Å². The van der Waals surface area contributed by atoms with Gasteiger partial charge in [0.25, 0.3) is 5.91 Å². The predicted octanol–water partition coefficient (Wildman–Crippen LogP) is 3.54. The van der Waals surface area contributed by atoms with Gasteiger partial charge in [-0.05, 0) is 44.0 Å². The van der Waals surface area contributed by atoms with Crippen molar-refractivity contribution in [3.63, 3.8) is 0 Å². The summed E-state index contributed by atoms with van der Waals surface area (Å²) < 4.78 is 3.83. The average molecular weight is 453 g/mol. The van der Waals surface area contributed by atoms with Crippen molar-refractivity contribution in [2.75, 3.05) is 11.1 Å². The van der Waals surface area contributed by atoms with E-state index in [-0.39, 0.29) is 5.91 Å². The number of halogens is 3. The van der Waals surface area contributed by atoms with Crippen molar-refractivity contribution in [3.05, 3.63) is 37.4 Å². The fourth-order valence-electron chi connectivity index (χ4n) is 1.57. The van der Waals surface area contributed by atoms with E-state index < -0.39 is 0 Å². The number of carbonyl (C=O) groups is 1. The Hall–Kier alpha value is -0.860. The first-order chi connectivity index (χ1) is 8.90. The van der Waals surface area contributed by atoms with Crippen LogP contribution >= 0.6 is 47.8 Å². The van der Waals surface area contributed by atoms with E-state index in [0.29, 0.717) is 17.1 Å². The summed E-state index contributed by atoms with van der Waals surface area (Å²) in [4.78, 5) is 12.2. The summed E-state index contributed by atoms with van der Waals surface area (Å²) in [7, 11) is 1.66. The predicted molar refractivity (Wildman–Crippen MR) is 85.1 cm³/mol.